The number of nitrogens with zero attached hydrogens (tertiary/aromatic N) is 3. The third-order valence-corrected chi connectivity index (χ3v) is 3.98. The Balaban J connectivity index is 1.98. The zero-order valence-corrected chi connectivity index (χ0v) is 14.4. The molecule has 2 N–H and O–H groups in total. The first-order valence-electron chi connectivity index (χ1n) is 7.54. The highest BCUT2D eigenvalue weighted by molar-refractivity contribution is 8.06. The number of hydrogen-bond acceptors (Lipinski definition) is 7. The molecule has 6 nitrogen and oxygen atoms in total. The summed E-state index contributed by atoms with van der Waals surface area (Å²) in [5, 5.41) is 18.6. The van der Waals surface area contributed by atoms with Gasteiger partial charge in [0.05, 0.1) is 16.8 Å². The van der Waals surface area contributed by atoms with Crippen molar-refractivity contribution in [2.75, 3.05) is 18.5 Å². The number of nitrogens with one attached hydrogen (secondary N) is 2. The van der Waals surface area contributed by atoms with Crippen molar-refractivity contribution in [3.8, 4) is 6.07 Å². The Labute approximate surface area is 141 Å². The van der Waals surface area contributed by atoms with Crippen LogP contribution in [0.15, 0.2) is 28.4 Å². The molecule has 0 aromatic carbocycles. The third kappa shape index (κ3) is 5.27. The van der Waals surface area contributed by atoms with Crippen molar-refractivity contribution < 1.29 is 4.74 Å². The van der Waals surface area contributed by atoms with Gasteiger partial charge in [-0.25, -0.2) is 9.97 Å². The Morgan fingerprint density at radius 1 is 1.52 bits per heavy atom. The summed E-state index contributed by atoms with van der Waals surface area (Å²) in [5.74, 6) is 0.521. The molecular formula is C16H21N5OS. The van der Waals surface area contributed by atoms with E-state index in [9.17, 15) is 5.26 Å². The van der Waals surface area contributed by atoms with Crippen molar-refractivity contribution in [3.63, 3.8) is 0 Å². The summed E-state index contributed by atoms with van der Waals surface area (Å²) in [6.07, 6.45) is 2.78. The van der Waals surface area contributed by atoms with Crippen molar-refractivity contribution >= 4 is 23.3 Å². The number of nitriles is 1. The summed E-state index contributed by atoms with van der Waals surface area (Å²) >= 11 is 1.50. The van der Waals surface area contributed by atoms with E-state index in [1.165, 1.54) is 11.8 Å². The molecular weight excluding hydrogens is 310 g/mol. The number of ether oxygens (including phenoxy) is 1. The van der Waals surface area contributed by atoms with Crippen LogP contribution in [0, 0.1) is 11.3 Å². The zero-order chi connectivity index (χ0) is 16.7. The molecule has 1 aliphatic rings. The molecule has 2 rings (SSSR count). The summed E-state index contributed by atoms with van der Waals surface area (Å²) < 4.78 is 5.49. The molecule has 0 saturated heterocycles. The lowest BCUT2D eigenvalue weighted by Crippen LogP contribution is -2.11. The lowest BCUT2D eigenvalue weighted by atomic mass is 10.2. The van der Waals surface area contributed by atoms with Crippen molar-refractivity contribution in [3.05, 3.63) is 34.1 Å². The van der Waals surface area contributed by atoms with E-state index in [1.54, 1.807) is 12.3 Å². The van der Waals surface area contributed by atoms with Gasteiger partial charge in [0.2, 0.25) is 5.95 Å². The molecule has 0 unspecified atom stereocenters. The molecule has 0 fully saturated rings. The number of thioether (sulfide) groups is 1. The Bertz CT molecular complexity index is 648. The normalized spacial score (nSPS) is 15.9. The molecule has 1 aliphatic heterocycles. The van der Waals surface area contributed by atoms with Gasteiger partial charge in [0.25, 0.3) is 0 Å². The van der Waals surface area contributed by atoms with E-state index in [0.29, 0.717) is 23.8 Å². The van der Waals surface area contributed by atoms with Crippen molar-refractivity contribution in [2.24, 2.45) is 0 Å². The van der Waals surface area contributed by atoms with Crippen molar-refractivity contribution in [1.29, 1.82) is 5.26 Å². The highest BCUT2D eigenvalue weighted by atomic mass is 32.2. The topological polar surface area (TPSA) is 82.9 Å². The number of aromatic nitrogens is 2. The van der Waals surface area contributed by atoms with Gasteiger partial charge in [-0.05, 0) is 38.7 Å². The maximum absolute atomic E-state index is 9.43. The maximum atomic E-state index is 9.43. The Kier molecular flexibility index (Phi) is 6.44. The number of anilines is 1. The van der Waals surface area contributed by atoms with Gasteiger partial charge in [-0.2, -0.15) is 5.26 Å². The van der Waals surface area contributed by atoms with Crippen LogP contribution in [0.2, 0.25) is 0 Å². The molecule has 122 valence electrons. The molecule has 23 heavy (non-hydrogen) atoms. The molecule has 1 aromatic heterocycles. The molecule has 0 bridgehead atoms. The van der Waals surface area contributed by atoms with E-state index in [0.717, 1.165) is 23.7 Å². The fraction of sp³-hybridized carbons (Fsp3) is 0.438. The van der Waals surface area contributed by atoms with E-state index in [1.807, 2.05) is 26.2 Å². The molecule has 2 heterocycles. The van der Waals surface area contributed by atoms with Gasteiger partial charge in [-0.3, -0.25) is 0 Å². The first kappa shape index (κ1) is 17.3. The predicted octanol–water partition coefficient (Wildman–Crippen LogP) is 3.09. The molecule has 0 radical (unpaired) electrons. The van der Waals surface area contributed by atoms with E-state index >= 15 is 0 Å². The van der Waals surface area contributed by atoms with Crippen LogP contribution in [0.3, 0.4) is 0 Å². The average molecular weight is 331 g/mol. The van der Waals surface area contributed by atoms with Gasteiger partial charge < -0.3 is 15.4 Å². The van der Waals surface area contributed by atoms with Crippen LogP contribution in [0.1, 0.15) is 32.9 Å². The van der Waals surface area contributed by atoms with Crippen LogP contribution < -0.4 is 10.6 Å². The molecule has 0 spiro atoms. The van der Waals surface area contributed by atoms with Crippen LogP contribution in [0.4, 0.5) is 5.95 Å². The minimum Gasteiger partial charge on any atom is -0.379 e. The molecule has 1 aromatic rings. The van der Waals surface area contributed by atoms with E-state index in [-0.39, 0.29) is 6.10 Å². The number of hydrogen-bond donors (Lipinski definition) is 2. The zero-order valence-electron chi connectivity index (χ0n) is 13.6. The maximum Gasteiger partial charge on any atom is 0.223 e. The summed E-state index contributed by atoms with van der Waals surface area (Å²) in [4.78, 5) is 8.62. The largest absolute Gasteiger partial charge is 0.379 e. The summed E-state index contributed by atoms with van der Waals surface area (Å²) in [7, 11) is 0. The van der Waals surface area contributed by atoms with E-state index in [2.05, 4.69) is 26.7 Å². The number of allylic oxidation sites excluding steroid dienone is 2. The standard InChI is InChI=1S/C16H21N5OS/c1-11(2)22-8-4-6-18-16-19-7-5-14(21-16)13(9-17)15-20-12(3)10-23-15/h5,7,10-11,20H,4,6,8H2,1-3H3,(H,18,19,21)/b15-13-. The average Bonchev–Trinajstić information content (AvgIpc) is 2.94. The molecule has 0 atom stereocenters. The molecule has 7 heteroatoms. The smallest absolute Gasteiger partial charge is 0.223 e. The van der Waals surface area contributed by atoms with Gasteiger partial charge in [0.15, 0.2) is 0 Å². The van der Waals surface area contributed by atoms with Gasteiger partial charge in [-0.1, -0.05) is 11.8 Å². The minimum atomic E-state index is 0.243. The summed E-state index contributed by atoms with van der Waals surface area (Å²) in [6, 6.07) is 3.97. The second-order valence-electron chi connectivity index (χ2n) is 5.33. The van der Waals surface area contributed by atoms with Crippen LogP contribution in [0.25, 0.3) is 5.57 Å². The van der Waals surface area contributed by atoms with Crippen molar-refractivity contribution in [2.45, 2.75) is 33.3 Å². The quantitative estimate of drug-likeness (QED) is 0.587. The fourth-order valence-corrected chi connectivity index (χ4v) is 2.75. The van der Waals surface area contributed by atoms with Crippen LogP contribution >= 0.6 is 11.8 Å². The lowest BCUT2D eigenvalue weighted by molar-refractivity contribution is 0.0787. The fourth-order valence-electron chi connectivity index (χ4n) is 1.91. The summed E-state index contributed by atoms with van der Waals surface area (Å²) in [6.45, 7) is 7.41. The van der Waals surface area contributed by atoms with E-state index < -0.39 is 0 Å². The second kappa shape index (κ2) is 8.56. The second-order valence-corrected chi connectivity index (χ2v) is 6.20. The molecule has 0 amide bonds. The van der Waals surface area contributed by atoms with Gasteiger partial charge in [0, 0.05) is 25.0 Å². The lowest BCUT2D eigenvalue weighted by Gasteiger charge is -2.09. The Morgan fingerprint density at radius 2 is 2.35 bits per heavy atom. The van der Waals surface area contributed by atoms with E-state index in [4.69, 9.17) is 4.74 Å². The minimum absolute atomic E-state index is 0.243. The number of rotatable bonds is 7. The predicted molar refractivity (Wildman–Crippen MR) is 93.2 cm³/mol. The van der Waals surface area contributed by atoms with Crippen LogP contribution in [0.5, 0.6) is 0 Å². The first-order valence-corrected chi connectivity index (χ1v) is 8.42. The molecule has 0 aliphatic carbocycles. The van der Waals surface area contributed by atoms with Gasteiger partial charge in [-0.15, -0.1) is 0 Å². The van der Waals surface area contributed by atoms with Crippen LogP contribution in [-0.2, 0) is 4.74 Å². The highest BCUT2D eigenvalue weighted by Crippen LogP contribution is 2.30. The Morgan fingerprint density at radius 3 is 3.00 bits per heavy atom. The van der Waals surface area contributed by atoms with Gasteiger partial charge >= 0.3 is 0 Å². The SMILES string of the molecule is CC1=CS/C(=C(/C#N)c2ccnc(NCCCOC(C)C)n2)N1. The Hall–Kier alpha value is -2.04. The van der Waals surface area contributed by atoms with Gasteiger partial charge in [0.1, 0.15) is 11.6 Å². The monoisotopic (exact) mass is 331 g/mol. The highest BCUT2D eigenvalue weighted by Gasteiger charge is 2.15. The third-order valence-electron chi connectivity index (χ3n) is 2.97. The van der Waals surface area contributed by atoms with Crippen LogP contribution in [-0.4, -0.2) is 29.2 Å². The first-order chi connectivity index (χ1) is 11.1. The van der Waals surface area contributed by atoms with Crippen molar-refractivity contribution in [1.82, 2.24) is 15.3 Å². The summed E-state index contributed by atoms with van der Waals surface area (Å²) in [5.41, 5.74) is 2.16. The molecule has 0 saturated carbocycles.